The minimum Gasteiger partial charge on any atom is -0.465 e. The van der Waals surface area contributed by atoms with Gasteiger partial charge in [-0.25, -0.2) is 4.79 Å². The van der Waals surface area contributed by atoms with Crippen LogP contribution in [0.15, 0.2) is 24.3 Å². The molecule has 1 aromatic heterocycles. The molecular formula is C17H20N2O3. The molecule has 1 aliphatic heterocycles. The van der Waals surface area contributed by atoms with Gasteiger partial charge in [0.2, 0.25) is 0 Å². The Hall–Kier alpha value is -2.14. The first-order valence-corrected chi connectivity index (χ1v) is 7.53. The monoisotopic (exact) mass is 300 g/mol. The molecule has 1 aromatic carbocycles. The van der Waals surface area contributed by atoms with Crippen molar-refractivity contribution in [2.24, 2.45) is 0 Å². The van der Waals surface area contributed by atoms with E-state index in [0.29, 0.717) is 18.5 Å². The summed E-state index contributed by atoms with van der Waals surface area (Å²) in [6, 6.07) is 7.35. The van der Waals surface area contributed by atoms with Crippen LogP contribution in [0.3, 0.4) is 0 Å². The maximum absolute atomic E-state index is 11.3. The number of rotatable bonds is 2. The van der Waals surface area contributed by atoms with Crippen molar-refractivity contribution in [3.63, 3.8) is 0 Å². The van der Waals surface area contributed by atoms with Crippen molar-refractivity contribution >= 4 is 17.0 Å². The number of aliphatic hydroxyl groups is 1. The molecule has 2 atom stereocenters. The van der Waals surface area contributed by atoms with Gasteiger partial charge in [0.1, 0.15) is 6.10 Å². The lowest BCUT2D eigenvalue weighted by molar-refractivity contribution is 0.0684. The van der Waals surface area contributed by atoms with Crippen LogP contribution in [0.2, 0.25) is 0 Å². The van der Waals surface area contributed by atoms with Gasteiger partial charge in [0.05, 0.1) is 11.6 Å². The van der Waals surface area contributed by atoms with Crippen LogP contribution >= 0.6 is 0 Å². The van der Waals surface area contributed by atoms with Crippen molar-refractivity contribution in [2.45, 2.75) is 38.8 Å². The highest BCUT2D eigenvalue weighted by atomic mass is 16.4. The molecule has 0 radical (unpaired) electrons. The second-order valence-corrected chi connectivity index (χ2v) is 5.94. The molecule has 1 fully saturated rings. The van der Waals surface area contributed by atoms with Crippen molar-refractivity contribution in [2.75, 3.05) is 6.54 Å². The third-order valence-electron chi connectivity index (χ3n) is 4.55. The standard InChI is InChI=1S/C17H20N2O3/c1-10-9-12-5-3-6-13(15(12)18-11(10)2)16(20)14-7-4-8-19(14)17(21)22/h3,5-6,9,14,16,20H,4,7-8H2,1-2H3,(H,21,22)/t14?,16-/m1/s1. The van der Waals surface area contributed by atoms with Gasteiger partial charge in [-0.05, 0) is 38.3 Å². The van der Waals surface area contributed by atoms with Gasteiger partial charge in [-0.15, -0.1) is 0 Å². The summed E-state index contributed by atoms with van der Waals surface area (Å²) in [7, 11) is 0. The fraction of sp³-hybridized carbons (Fsp3) is 0.412. The maximum Gasteiger partial charge on any atom is 0.407 e. The summed E-state index contributed by atoms with van der Waals surface area (Å²) in [5.74, 6) is 0. The molecule has 0 spiro atoms. The zero-order valence-corrected chi connectivity index (χ0v) is 12.8. The first kappa shape index (κ1) is 14.8. The van der Waals surface area contributed by atoms with E-state index in [0.717, 1.165) is 28.6 Å². The van der Waals surface area contributed by atoms with Crippen LogP contribution in [0.5, 0.6) is 0 Å². The van der Waals surface area contributed by atoms with Gasteiger partial charge in [-0.1, -0.05) is 18.2 Å². The fourth-order valence-corrected chi connectivity index (χ4v) is 3.22. The highest BCUT2D eigenvalue weighted by molar-refractivity contribution is 5.83. The molecule has 1 aliphatic rings. The van der Waals surface area contributed by atoms with Gasteiger partial charge in [0.25, 0.3) is 0 Å². The van der Waals surface area contributed by atoms with Crippen LogP contribution in [0.4, 0.5) is 4.79 Å². The molecule has 5 heteroatoms. The van der Waals surface area contributed by atoms with E-state index in [4.69, 9.17) is 0 Å². The lowest BCUT2D eigenvalue weighted by Crippen LogP contribution is -2.38. The van der Waals surface area contributed by atoms with Crippen LogP contribution in [-0.4, -0.2) is 38.8 Å². The Morgan fingerprint density at radius 1 is 1.41 bits per heavy atom. The SMILES string of the molecule is Cc1cc2cccc([C@@H](O)C3CCCN3C(=O)O)c2nc1C. The third-order valence-corrected chi connectivity index (χ3v) is 4.55. The number of aryl methyl sites for hydroxylation is 2. The van der Waals surface area contributed by atoms with E-state index in [-0.39, 0.29) is 0 Å². The normalized spacial score (nSPS) is 19.6. The smallest absolute Gasteiger partial charge is 0.407 e. The van der Waals surface area contributed by atoms with Crippen LogP contribution in [0, 0.1) is 13.8 Å². The van der Waals surface area contributed by atoms with Gasteiger partial charge in [-0.2, -0.15) is 0 Å². The Balaban J connectivity index is 2.06. The molecular weight excluding hydrogens is 280 g/mol. The van der Waals surface area contributed by atoms with E-state index in [2.05, 4.69) is 11.1 Å². The van der Waals surface area contributed by atoms with Crippen molar-refractivity contribution < 1.29 is 15.0 Å². The predicted molar refractivity (Wildman–Crippen MR) is 83.9 cm³/mol. The highest BCUT2D eigenvalue weighted by Gasteiger charge is 2.35. The number of benzene rings is 1. The third kappa shape index (κ3) is 2.41. The molecule has 2 heterocycles. The van der Waals surface area contributed by atoms with Gasteiger partial charge >= 0.3 is 6.09 Å². The molecule has 0 bridgehead atoms. The first-order valence-electron chi connectivity index (χ1n) is 7.53. The summed E-state index contributed by atoms with van der Waals surface area (Å²) < 4.78 is 0. The Kier molecular flexibility index (Phi) is 3.74. The van der Waals surface area contributed by atoms with Gasteiger partial charge in [-0.3, -0.25) is 4.98 Å². The van der Waals surface area contributed by atoms with Crippen molar-refractivity contribution in [3.8, 4) is 0 Å². The molecule has 2 N–H and O–H groups in total. The summed E-state index contributed by atoms with van der Waals surface area (Å²) in [4.78, 5) is 17.3. The number of hydrogen-bond donors (Lipinski definition) is 2. The van der Waals surface area contributed by atoms with Crippen molar-refractivity contribution in [1.29, 1.82) is 0 Å². The Morgan fingerprint density at radius 3 is 2.91 bits per heavy atom. The minimum absolute atomic E-state index is 0.397. The quantitative estimate of drug-likeness (QED) is 0.894. The minimum atomic E-state index is -0.971. The van der Waals surface area contributed by atoms with Crippen LogP contribution < -0.4 is 0 Å². The Morgan fingerprint density at radius 2 is 2.18 bits per heavy atom. The molecule has 116 valence electrons. The summed E-state index contributed by atoms with van der Waals surface area (Å²) in [6.07, 6.45) is -0.363. The van der Waals surface area contributed by atoms with Crippen molar-refractivity contribution in [1.82, 2.24) is 9.88 Å². The molecule has 1 unspecified atom stereocenters. The number of aliphatic hydroxyl groups excluding tert-OH is 1. The number of carbonyl (C=O) groups is 1. The lowest BCUT2D eigenvalue weighted by Gasteiger charge is -2.27. The highest BCUT2D eigenvalue weighted by Crippen LogP contribution is 2.33. The summed E-state index contributed by atoms with van der Waals surface area (Å²) >= 11 is 0. The van der Waals surface area contributed by atoms with E-state index in [1.165, 1.54) is 4.90 Å². The summed E-state index contributed by atoms with van der Waals surface area (Å²) in [6.45, 7) is 4.43. The molecule has 1 saturated heterocycles. The number of carboxylic acid groups (broad SMARTS) is 1. The van der Waals surface area contributed by atoms with Crippen LogP contribution in [-0.2, 0) is 0 Å². The number of nitrogens with zero attached hydrogens (tertiary/aromatic N) is 2. The van der Waals surface area contributed by atoms with Gasteiger partial charge in [0.15, 0.2) is 0 Å². The van der Waals surface area contributed by atoms with E-state index in [9.17, 15) is 15.0 Å². The molecule has 0 saturated carbocycles. The lowest BCUT2D eigenvalue weighted by atomic mass is 9.97. The van der Waals surface area contributed by atoms with Gasteiger partial charge < -0.3 is 15.1 Å². The zero-order valence-electron chi connectivity index (χ0n) is 12.8. The molecule has 1 amide bonds. The van der Waals surface area contributed by atoms with E-state index < -0.39 is 18.2 Å². The number of fused-ring (bicyclic) bond motifs is 1. The average molecular weight is 300 g/mol. The topological polar surface area (TPSA) is 73.7 Å². The second kappa shape index (κ2) is 5.57. The number of para-hydroxylation sites is 1. The molecule has 2 aromatic rings. The largest absolute Gasteiger partial charge is 0.465 e. The molecule has 5 nitrogen and oxygen atoms in total. The number of pyridine rings is 1. The molecule has 3 rings (SSSR count). The van der Waals surface area contributed by atoms with Crippen molar-refractivity contribution in [3.05, 3.63) is 41.1 Å². The molecule has 22 heavy (non-hydrogen) atoms. The van der Waals surface area contributed by atoms with Gasteiger partial charge in [0, 0.05) is 23.2 Å². The van der Waals surface area contributed by atoms with E-state index >= 15 is 0 Å². The second-order valence-electron chi connectivity index (χ2n) is 5.94. The zero-order chi connectivity index (χ0) is 15.9. The van der Waals surface area contributed by atoms with Crippen LogP contribution in [0.1, 0.15) is 35.8 Å². The fourth-order valence-electron chi connectivity index (χ4n) is 3.22. The number of hydrogen-bond acceptors (Lipinski definition) is 3. The Bertz CT molecular complexity index is 729. The number of aromatic nitrogens is 1. The predicted octanol–water partition coefficient (Wildman–Crippen LogP) is 3.03. The van der Waals surface area contributed by atoms with E-state index in [1.54, 1.807) is 0 Å². The average Bonchev–Trinajstić information content (AvgIpc) is 2.97. The van der Waals surface area contributed by atoms with E-state index in [1.807, 2.05) is 32.0 Å². The summed E-state index contributed by atoms with van der Waals surface area (Å²) in [5.41, 5.74) is 3.50. The maximum atomic E-state index is 11.3. The molecule has 0 aliphatic carbocycles. The summed E-state index contributed by atoms with van der Waals surface area (Å²) in [5, 5.41) is 21.0. The van der Waals surface area contributed by atoms with Crippen LogP contribution in [0.25, 0.3) is 10.9 Å². The number of amides is 1. The number of likely N-dealkylation sites (tertiary alicyclic amines) is 1. The Labute approximate surface area is 129 Å². The first-order chi connectivity index (χ1) is 10.5.